The van der Waals surface area contributed by atoms with E-state index in [-0.39, 0.29) is 11.8 Å². The van der Waals surface area contributed by atoms with Crippen molar-refractivity contribution in [2.24, 2.45) is 0 Å². The summed E-state index contributed by atoms with van der Waals surface area (Å²) in [5.74, 6) is 1.78. The van der Waals surface area contributed by atoms with Crippen molar-refractivity contribution in [1.82, 2.24) is 15.0 Å². The maximum absolute atomic E-state index is 5.53. The van der Waals surface area contributed by atoms with Crippen LogP contribution in [0.2, 0.25) is 0 Å². The second-order valence-electron chi connectivity index (χ2n) is 24.8. The van der Waals surface area contributed by atoms with Crippen LogP contribution >= 0.6 is 0 Å². The maximum Gasteiger partial charge on any atom is 0.179 e. The van der Waals surface area contributed by atoms with Gasteiger partial charge in [-0.15, -0.1) is 0 Å². The molecule has 0 saturated heterocycles. The first-order valence-corrected chi connectivity index (χ1v) is 36.5. The zero-order valence-electron chi connectivity index (χ0n) is 51.7. The average Bonchev–Trinajstić information content (AvgIpc) is 0.683. The van der Waals surface area contributed by atoms with Crippen molar-refractivity contribution < 1.29 is 0 Å². The summed E-state index contributed by atoms with van der Waals surface area (Å²) in [4.78, 5) is 16.3. The summed E-state index contributed by atoms with van der Waals surface area (Å²) in [5.41, 5.74) is 18.2. The molecule has 2 atom stereocenters. The molecular weight excluding hydrogens is 1170 g/mol. The Bertz CT molecular complexity index is 5050. The second kappa shape index (κ2) is 24.0. The largest absolute Gasteiger partial charge is 0.208 e. The smallest absolute Gasteiger partial charge is 0.179 e. The van der Waals surface area contributed by atoms with Gasteiger partial charge in [-0.2, -0.15) is 0 Å². The number of nitrogens with zero attached hydrogens (tertiary/aromatic N) is 3. The van der Waals surface area contributed by atoms with Crippen molar-refractivity contribution in [1.29, 1.82) is 0 Å². The first-order valence-electron chi connectivity index (χ1n) is 32.5. The van der Waals surface area contributed by atoms with Crippen molar-refractivity contribution in [3.05, 3.63) is 403 Å². The molecule has 14 aromatic carbocycles. The molecule has 15 aromatic rings. The predicted molar refractivity (Wildman–Crippen MR) is 394 cm³/mol. The Morgan fingerprint density at radius 3 is 1.01 bits per heavy atom. The molecule has 0 spiro atoms. The Balaban J connectivity index is 0.861. The van der Waals surface area contributed by atoms with Crippen molar-refractivity contribution >= 4 is 57.6 Å². The summed E-state index contributed by atoms with van der Waals surface area (Å²) < 4.78 is 0. The molecule has 3 aliphatic rings. The Hall–Kier alpha value is -11.5. The van der Waals surface area contributed by atoms with E-state index in [1.54, 1.807) is 0 Å². The first kappa shape index (κ1) is 56.5. The van der Waals surface area contributed by atoms with Gasteiger partial charge >= 0.3 is 0 Å². The van der Waals surface area contributed by atoms with E-state index >= 15 is 0 Å². The number of aromatic nitrogens is 3. The molecule has 2 unspecified atom stereocenters. The molecule has 1 heterocycles. The second-order valence-corrected chi connectivity index (χ2v) is 32.4. The summed E-state index contributed by atoms with van der Waals surface area (Å²) >= 11 is 0. The molecule has 18 rings (SSSR count). The number of hydrogen-bond donors (Lipinski definition) is 0. The summed E-state index contributed by atoms with van der Waals surface area (Å²) in [7, 11) is -6.18. The molecule has 442 valence electrons. The van der Waals surface area contributed by atoms with E-state index in [4.69, 9.17) is 15.0 Å². The molecule has 2 bridgehead atoms. The topological polar surface area (TPSA) is 38.7 Å². The van der Waals surface area contributed by atoms with Crippen molar-refractivity contribution in [3.8, 4) is 67.5 Å². The van der Waals surface area contributed by atoms with Crippen LogP contribution in [0, 0.1) is 0 Å². The van der Waals surface area contributed by atoms with Gasteiger partial charge in [0.1, 0.15) is 0 Å². The van der Waals surface area contributed by atoms with Crippen LogP contribution in [0.5, 0.6) is 0 Å². The minimum atomic E-state index is -3.29. The summed E-state index contributed by atoms with van der Waals surface area (Å²) in [6.07, 6.45) is 0. The monoisotopic (exact) mass is 1230 g/mol. The molecule has 0 amide bonds. The van der Waals surface area contributed by atoms with Crippen LogP contribution < -0.4 is 41.5 Å². The van der Waals surface area contributed by atoms with Gasteiger partial charge in [0.05, 0.1) is 0 Å². The molecule has 3 nitrogen and oxygen atoms in total. The quantitative estimate of drug-likeness (QED) is 0.0804. The Labute approximate surface area is 551 Å². The van der Waals surface area contributed by atoms with Gasteiger partial charge in [-0.25, -0.2) is 15.0 Å². The molecule has 0 N–H and O–H groups in total. The zero-order chi connectivity index (χ0) is 62.4. The summed E-state index contributed by atoms with van der Waals surface area (Å²) in [6.45, 7) is 0. The standard InChI is InChI=1S/C89H63N3Si2/c1-9-31-62(32-10-1)68-58-69(63-33-11-2-12-34-63)61-76(60-68)94(73-46-21-7-22-47-73,74-48-23-8-24-49-74)82-56-30-55-81-83-78-51-25-26-52-79(78)86(85(81)82)84-77(53-29-54-80(83)84)65-37-27-38-66(57-65)88-90-87(64-35-13-3-14-36-64)91-89(92-88)67-39-28-50-75(59-67)93(70-40-15-4-16-41-70,71-42-17-5-18-43-71)72-44-19-6-20-45-72/h1-61,83,86H. The van der Waals surface area contributed by atoms with Crippen molar-refractivity contribution in [2.45, 2.75) is 11.8 Å². The van der Waals surface area contributed by atoms with E-state index in [9.17, 15) is 0 Å². The average molecular weight is 1230 g/mol. The normalized spacial score (nSPS) is 13.7. The fourth-order valence-corrected chi connectivity index (χ4v) is 25.7. The number of benzene rings is 14. The molecule has 0 saturated carbocycles. The van der Waals surface area contributed by atoms with Gasteiger partial charge in [-0.3, -0.25) is 0 Å². The highest BCUT2D eigenvalue weighted by Gasteiger charge is 2.50. The zero-order valence-corrected chi connectivity index (χ0v) is 53.7. The van der Waals surface area contributed by atoms with E-state index in [0.29, 0.717) is 17.5 Å². The van der Waals surface area contributed by atoms with Crippen LogP contribution in [0.1, 0.15) is 45.2 Å². The fraction of sp³-hybridized carbons (Fsp3) is 0.0225. The number of rotatable bonds is 14. The van der Waals surface area contributed by atoms with Crippen LogP contribution in [0.15, 0.2) is 370 Å². The minimum absolute atomic E-state index is 0.00538. The van der Waals surface area contributed by atoms with Gasteiger partial charge in [-0.05, 0) is 120 Å². The van der Waals surface area contributed by atoms with Crippen LogP contribution in [0.3, 0.4) is 0 Å². The van der Waals surface area contributed by atoms with E-state index in [2.05, 4.69) is 364 Å². The van der Waals surface area contributed by atoms with Crippen LogP contribution in [0.25, 0.3) is 67.5 Å². The van der Waals surface area contributed by atoms with Crippen molar-refractivity contribution in [3.63, 3.8) is 0 Å². The van der Waals surface area contributed by atoms with Crippen LogP contribution in [-0.4, -0.2) is 31.1 Å². The highest BCUT2D eigenvalue weighted by molar-refractivity contribution is 7.20. The van der Waals surface area contributed by atoms with Gasteiger partial charge < -0.3 is 0 Å². The number of hydrogen-bond acceptors (Lipinski definition) is 3. The molecule has 5 heteroatoms. The summed E-state index contributed by atoms with van der Waals surface area (Å²) in [5, 5.41) is 10.6. The lowest BCUT2D eigenvalue weighted by molar-refractivity contribution is 0.760. The lowest BCUT2D eigenvalue weighted by Gasteiger charge is -2.47. The van der Waals surface area contributed by atoms with Crippen LogP contribution in [-0.2, 0) is 0 Å². The Kier molecular flexibility index (Phi) is 14.4. The third kappa shape index (κ3) is 9.50. The lowest BCUT2D eigenvalue weighted by atomic mass is 9.60. The highest BCUT2D eigenvalue weighted by atomic mass is 28.3. The van der Waals surface area contributed by atoms with E-state index in [1.807, 2.05) is 6.07 Å². The van der Waals surface area contributed by atoms with E-state index < -0.39 is 16.1 Å². The van der Waals surface area contributed by atoms with Gasteiger partial charge in [0, 0.05) is 28.5 Å². The van der Waals surface area contributed by atoms with Gasteiger partial charge in [0.15, 0.2) is 33.6 Å². The van der Waals surface area contributed by atoms with Crippen LogP contribution in [0.4, 0.5) is 0 Å². The van der Waals surface area contributed by atoms with Gasteiger partial charge in [-0.1, -0.05) is 358 Å². The fourth-order valence-electron chi connectivity index (χ4n) is 15.8. The van der Waals surface area contributed by atoms with E-state index in [0.717, 1.165) is 22.3 Å². The Morgan fingerprint density at radius 2 is 0.511 bits per heavy atom. The molecule has 0 fully saturated rings. The van der Waals surface area contributed by atoms with E-state index in [1.165, 1.54) is 103 Å². The Morgan fingerprint density at radius 1 is 0.191 bits per heavy atom. The maximum atomic E-state index is 5.53. The highest BCUT2D eigenvalue weighted by Crippen LogP contribution is 2.58. The molecule has 3 aliphatic carbocycles. The third-order valence-electron chi connectivity index (χ3n) is 19.8. The lowest BCUT2D eigenvalue weighted by Crippen LogP contribution is -2.75. The predicted octanol–water partition coefficient (Wildman–Crippen LogP) is 15.6. The molecule has 1 aromatic heterocycles. The third-order valence-corrected chi connectivity index (χ3v) is 29.3. The molecule has 0 radical (unpaired) electrons. The SMILES string of the molecule is c1ccc(-c2cc(-c3ccccc3)cc([Si](c3ccccc3)(c3ccccc3)c3cccc4c3C3c5ccccc5C4c4cccc(-c5cccc(-c6nc(-c7ccccc7)nc(-c7cccc([Si](c8ccccc8)(c8ccccc8)c8ccccc8)c7)n6)c5)c43)c2)cc1. The van der Waals surface area contributed by atoms with Crippen molar-refractivity contribution in [2.75, 3.05) is 0 Å². The molecule has 0 aliphatic heterocycles. The molecular formula is C89H63N3Si2. The minimum Gasteiger partial charge on any atom is -0.208 e. The first-order chi connectivity index (χ1) is 46.6. The van der Waals surface area contributed by atoms with Gasteiger partial charge in [0.25, 0.3) is 0 Å². The molecule has 94 heavy (non-hydrogen) atoms. The van der Waals surface area contributed by atoms with Gasteiger partial charge in [0.2, 0.25) is 0 Å². The summed E-state index contributed by atoms with van der Waals surface area (Å²) in [6, 6.07) is 138.